The van der Waals surface area contributed by atoms with Crippen molar-refractivity contribution in [3.8, 4) is 0 Å². The maximum Gasteiger partial charge on any atom is 0.0646 e. The number of hydrogen-bond acceptors (Lipinski definition) is 2. The van der Waals surface area contributed by atoms with Crippen molar-refractivity contribution in [2.75, 3.05) is 32.1 Å². The van der Waals surface area contributed by atoms with E-state index in [1.165, 1.54) is 22.5 Å². The van der Waals surface area contributed by atoms with E-state index < -0.39 is 0 Å². The van der Waals surface area contributed by atoms with Crippen molar-refractivity contribution < 1.29 is 0 Å². The third-order valence-electron chi connectivity index (χ3n) is 4.23. The zero-order valence-electron chi connectivity index (χ0n) is 13.3. The quantitative estimate of drug-likeness (QED) is 0.760. The molecule has 0 radical (unpaired) electrons. The summed E-state index contributed by atoms with van der Waals surface area (Å²) in [4.78, 5) is 4.68. The van der Waals surface area contributed by atoms with Crippen molar-refractivity contribution in [2.45, 2.75) is 18.2 Å². The predicted molar refractivity (Wildman–Crippen MR) is 95.4 cm³/mol. The molecule has 22 heavy (non-hydrogen) atoms. The number of fused-ring (bicyclic) bond motifs is 2. The highest BCUT2D eigenvalue weighted by atomic mass is 35.5. The van der Waals surface area contributed by atoms with Gasteiger partial charge >= 0.3 is 0 Å². The highest BCUT2D eigenvalue weighted by molar-refractivity contribution is 6.21. The Morgan fingerprint density at radius 3 is 2.50 bits per heavy atom. The van der Waals surface area contributed by atoms with Gasteiger partial charge in [-0.1, -0.05) is 36.4 Å². The van der Waals surface area contributed by atoms with Crippen LogP contribution in [0.2, 0.25) is 0 Å². The highest BCUT2D eigenvalue weighted by Crippen LogP contribution is 2.42. The molecule has 0 fully saturated rings. The molecule has 0 saturated heterocycles. The Labute approximate surface area is 138 Å². The Morgan fingerprint density at radius 1 is 1.05 bits per heavy atom. The van der Waals surface area contributed by atoms with Crippen LogP contribution in [0.15, 0.2) is 48.5 Å². The second-order valence-corrected chi connectivity index (χ2v) is 6.69. The lowest BCUT2D eigenvalue weighted by Gasteiger charge is -2.27. The summed E-state index contributed by atoms with van der Waals surface area (Å²) in [6, 6.07) is 17.2. The van der Waals surface area contributed by atoms with Gasteiger partial charge in [-0.05, 0) is 56.7 Å². The average Bonchev–Trinajstić information content (AvgIpc) is 2.63. The number of alkyl halides is 1. The van der Waals surface area contributed by atoms with Crippen LogP contribution >= 0.6 is 11.6 Å². The summed E-state index contributed by atoms with van der Waals surface area (Å²) in [5.41, 5.74) is 5.14. The van der Waals surface area contributed by atoms with Gasteiger partial charge in [0.1, 0.15) is 0 Å². The normalized spacial score (nSPS) is 17.1. The lowest BCUT2D eigenvalue weighted by Crippen LogP contribution is -2.23. The van der Waals surface area contributed by atoms with Crippen molar-refractivity contribution in [2.24, 2.45) is 0 Å². The van der Waals surface area contributed by atoms with E-state index >= 15 is 0 Å². The molecule has 1 unspecified atom stereocenters. The fraction of sp³-hybridized carbons (Fsp3) is 0.368. The fourth-order valence-electron chi connectivity index (χ4n) is 3.16. The molecule has 0 amide bonds. The van der Waals surface area contributed by atoms with E-state index in [-0.39, 0.29) is 5.38 Å². The molecule has 0 spiro atoms. The molecule has 0 bridgehead atoms. The summed E-state index contributed by atoms with van der Waals surface area (Å²) in [6.45, 7) is 2.10. The lowest BCUT2D eigenvalue weighted by atomic mass is 10.0. The number of anilines is 2. The van der Waals surface area contributed by atoms with Crippen molar-refractivity contribution in [3.05, 3.63) is 59.7 Å². The maximum atomic E-state index is 6.69. The number of rotatable bonds is 4. The molecule has 2 aromatic carbocycles. The van der Waals surface area contributed by atoms with Crippen LogP contribution in [0.3, 0.4) is 0 Å². The summed E-state index contributed by atoms with van der Waals surface area (Å²) in [7, 11) is 4.25. The van der Waals surface area contributed by atoms with E-state index in [1.54, 1.807) is 0 Å². The molecule has 0 saturated carbocycles. The summed E-state index contributed by atoms with van der Waals surface area (Å²) in [5.74, 6) is 0. The molecule has 0 aromatic heterocycles. The van der Waals surface area contributed by atoms with Crippen molar-refractivity contribution in [1.82, 2.24) is 4.90 Å². The molecule has 1 atom stereocenters. The van der Waals surface area contributed by atoms with Gasteiger partial charge in [0, 0.05) is 17.9 Å². The Bertz CT molecular complexity index is 639. The molecule has 1 heterocycles. The molecule has 2 aromatic rings. The number of hydrogen-bond donors (Lipinski definition) is 0. The minimum atomic E-state index is 0.0381. The largest absolute Gasteiger partial charge is 0.341 e. The van der Waals surface area contributed by atoms with E-state index in [1.807, 2.05) is 0 Å². The monoisotopic (exact) mass is 314 g/mol. The first-order valence-electron chi connectivity index (χ1n) is 7.90. The lowest BCUT2D eigenvalue weighted by molar-refractivity contribution is 0.402. The van der Waals surface area contributed by atoms with Gasteiger partial charge in [-0.2, -0.15) is 0 Å². The molecule has 0 aliphatic carbocycles. The number of para-hydroxylation sites is 2. The van der Waals surface area contributed by atoms with Crippen LogP contribution in [0.4, 0.5) is 11.4 Å². The maximum absolute atomic E-state index is 6.69. The van der Waals surface area contributed by atoms with Gasteiger partial charge < -0.3 is 9.80 Å². The second-order valence-electron chi connectivity index (χ2n) is 6.17. The van der Waals surface area contributed by atoms with Crippen molar-refractivity contribution in [1.29, 1.82) is 0 Å². The van der Waals surface area contributed by atoms with Gasteiger partial charge in [-0.3, -0.25) is 0 Å². The zero-order chi connectivity index (χ0) is 15.5. The van der Waals surface area contributed by atoms with Crippen molar-refractivity contribution >= 4 is 23.0 Å². The molecule has 3 rings (SSSR count). The van der Waals surface area contributed by atoms with E-state index in [0.29, 0.717) is 0 Å². The number of benzene rings is 2. The Hall–Kier alpha value is -1.51. The van der Waals surface area contributed by atoms with E-state index in [9.17, 15) is 0 Å². The van der Waals surface area contributed by atoms with Gasteiger partial charge in [-0.25, -0.2) is 0 Å². The number of nitrogens with zero attached hydrogens (tertiary/aromatic N) is 2. The summed E-state index contributed by atoms with van der Waals surface area (Å²) >= 11 is 6.69. The molecule has 116 valence electrons. The highest BCUT2D eigenvalue weighted by Gasteiger charge is 2.24. The van der Waals surface area contributed by atoms with E-state index in [4.69, 9.17) is 11.6 Å². The molecular formula is C19H23ClN2. The van der Waals surface area contributed by atoms with Crippen LogP contribution in [-0.2, 0) is 6.42 Å². The standard InChI is InChI=1S/C19H23ClN2/c1-21(2)12-7-13-22-18-10-5-3-8-15(18)14-17(20)16-9-4-6-11-19(16)22/h3-6,8-11,17H,7,12-14H2,1-2H3. The van der Waals surface area contributed by atoms with Gasteiger partial charge in [0.05, 0.1) is 5.38 Å². The first-order valence-corrected chi connectivity index (χ1v) is 8.33. The summed E-state index contributed by atoms with van der Waals surface area (Å²) in [5, 5.41) is 0.0381. The molecule has 0 N–H and O–H groups in total. The van der Waals surface area contributed by atoms with Gasteiger partial charge in [0.2, 0.25) is 0 Å². The van der Waals surface area contributed by atoms with Crippen LogP contribution in [-0.4, -0.2) is 32.1 Å². The SMILES string of the molecule is CN(C)CCCN1c2ccccc2CC(Cl)c2ccccc21. The Morgan fingerprint density at radius 2 is 1.73 bits per heavy atom. The van der Waals surface area contributed by atoms with Crippen LogP contribution < -0.4 is 4.90 Å². The third-order valence-corrected chi connectivity index (χ3v) is 4.62. The fourth-order valence-corrected chi connectivity index (χ4v) is 3.51. The Kier molecular flexibility index (Phi) is 4.70. The molecule has 1 aliphatic heterocycles. The number of halogens is 1. The second kappa shape index (κ2) is 6.72. The topological polar surface area (TPSA) is 6.48 Å². The first-order chi connectivity index (χ1) is 10.7. The van der Waals surface area contributed by atoms with Crippen LogP contribution in [0, 0.1) is 0 Å². The predicted octanol–water partition coefficient (Wildman–Crippen LogP) is 4.61. The first kappa shape index (κ1) is 15.4. The minimum Gasteiger partial charge on any atom is -0.341 e. The van der Waals surface area contributed by atoms with Crippen LogP contribution in [0.5, 0.6) is 0 Å². The van der Waals surface area contributed by atoms with E-state index in [0.717, 1.165) is 25.9 Å². The molecule has 3 heteroatoms. The van der Waals surface area contributed by atoms with Gasteiger partial charge in [-0.15, -0.1) is 11.6 Å². The molecule has 1 aliphatic rings. The van der Waals surface area contributed by atoms with Crippen molar-refractivity contribution in [3.63, 3.8) is 0 Å². The minimum absolute atomic E-state index is 0.0381. The van der Waals surface area contributed by atoms with Gasteiger partial charge in [0.15, 0.2) is 0 Å². The third kappa shape index (κ3) is 3.13. The average molecular weight is 315 g/mol. The summed E-state index contributed by atoms with van der Waals surface area (Å²) in [6.07, 6.45) is 2.02. The smallest absolute Gasteiger partial charge is 0.0646 e. The Balaban J connectivity index is 2.00. The van der Waals surface area contributed by atoms with E-state index in [2.05, 4.69) is 72.4 Å². The van der Waals surface area contributed by atoms with Gasteiger partial charge in [0.25, 0.3) is 0 Å². The molecular weight excluding hydrogens is 292 g/mol. The summed E-state index contributed by atoms with van der Waals surface area (Å²) < 4.78 is 0. The molecule has 2 nitrogen and oxygen atoms in total. The van der Waals surface area contributed by atoms with Crippen LogP contribution in [0.25, 0.3) is 0 Å². The zero-order valence-corrected chi connectivity index (χ0v) is 14.1. The van der Waals surface area contributed by atoms with Crippen LogP contribution in [0.1, 0.15) is 22.9 Å².